The molecule has 1 fully saturated rings. The summed E-state index contributed by atoms with van der Waals surface area (Å²) in [5.41, 5.74) is 9.55. The molecule has 166 valence electrons. The Morgan fingerprint density at radius 3 is 2.39 bits per heavy atom. The van der Waals surface area contributed by atoms with Crippen molar-refractivity contribution in [2.24, 2.45) is 17.1 Å². The number of benzene rings is 2. The van der Waals surface area contributed by atoms with Gasteiger partial charge in [-0.1, -0.05) is 69.7 Å². The summed E-state index contributed by atoms with van der Waals surface area (Å²) >= 11 is 0. The molecule has 0 spiro atoms. The van der Waals surface area contributed by atoms with Gasteiger partial charge in [-0.05, 0) is 41.0 Å². The lowest BCUT2D eigenvalue weighted by molar-refractivity contribution is -0.134. The largest absolute Gasteiger partial charge is 0.334 e. The molecule has 2 amide bonds. The first-order valence-corrected chi connectivity index (χ1v) is 11.2. The molecular formula is C26H35N3O2. The molecule has 1 saturated carbocycles. The van der Waals surface area contributed by atoms with Gasteiger partial charge in [0.2, 0.25) is 11.8 Å². The van der Waals surface area contributed by atoms with E-state index in [1.165, 1.54) is 0 Å². The highest BCUT2D eigenvalue weighted by Crippen LogP contribution is 2.29. The summed E-state index contributed by atoms with van der Waals surface area (Å²) in [6.07, 6.45) is 3.50. The minimum Gasteiger partial charge on any atom is -0.334 e. The van der Waals surface area contributed by atoms with Crippen molar-refractivity contribution in [3.8, 4) is 0 Å². The lowest BCUT2D eigenvalue weighted by Crippen LogP contribution is -2.33. The van der Waals surface area contributed by atoms with Crippen molar-refractivity contribution in [1.29, 1.82) is 0 Å². The standard InChI is InChI=1S/C26H35N3O2/c1-26(2,3)15-24(30)29(17-20-9-6-8-19(14-20)16-27)18-22-10-4-5-13-23(22)28-25(31)21-11-7-12-21/h4-6,8-10,13-14,21H,7,11-12,15-18,27H2,1-3H3,(H,28,31). The van der Waals surface area contributed by atoms with Crippen LogP contribution in [-0.2, 0) is 29.2 Å². The van der Waals surface area contributed by atoms with Gasteiger partial charge in [0.25, 0.3) is 0 Å². The maximum Gasteiger partial charge on any atom is 0.227 e. The molecule has 2 aromatic carbocycles. The van der Waals surface area contributed by atoms with E-state index in [1.807, 2.05) is 47.4 Å². The average molecular weight is 422 g/mol. The number of nitrogens with one attached hydrogen (secondary N) is 1. The summed E-state index contributed by atoms with van der Waals surface area (Å²) in [4.78, 5) is 27.6. The topological polar surface area (TPSA) is 75.4 Å². The third-order valence-corrected chi connectivity index (χ3v) is 5.75. The minimum atomic E-state index is -0.105. The van der Waals surface area contributed by atoms with Gasteiger partial charge in [-0.25, -0.2) is 0 Å². The second-order valence-corrected chi connectivity index (χ2v) is 9.79. The first-order valence-electron chi connectivity index (χ1n) is 11.2. The molecule has 3 N–H and O–H groups in total. The van der Waals surface area contributed by atoms with E-state index in [0.717, 1.165) is 41.6 Å². The van der Waals surface area contributed by atoms with Crippen molar-refractivity contribution in [2.45, 2.75) is 66.1 Å². The van der Waals surface area contributed by atoms with Gasteiger partial charge >= 0.3 is 0 Å². The Bertz CT molecular complexity index is 913. The Morgan fingerprint density at radius 2 is 1.74 bits per heavy atom. The predicted molar refractivity (Wildman–Crippen MR) is 125 cm³/mol. The number of hydrogen-bond acceptors (Lipinski definition) is 3. The summed E-state index contributed by atoms with van der Waals surface area (Å²) in [7, 11) is 0. The van der Waals surface area contributed by atoms with Crippen LogP contribution in [0.15, 0.2) is 48.5 Å². The van der Waals surface area contributed by atoms with Crippen molar-refractivity contribution in [3.05, 3.63) is 65.2 Å². The quantitative estimate of drug-likeness (QED) is 0.640. The zero-order valence-corrected chi connectivity index (χ0v) is 19.0. The molecule has 0 atom stereocenters. The van der Waals surface area contributed by atoms with Crippen molar-refractivity contribution in [1.82, 2.24) is 4.90 Å². The maximum absolute atomic E-state index is 13.2. The number of hydrogen-bond donors (Lipinski definition) is 2. The summed E-state index contributed by atoms with van der Waals surface area (Å²) in [6, 6.07) is 15.9. The van der Waals surface area contributed by atoms with E-state index >= 15 is 0 Å². The first-order chi connectivity index (χ1) is 14.7. The molecule has 1 aliphatic rings. The van der Waals surface area contributed by atoms with E-state index in [1.54, 1.807) is 0 Å². The van der Waals surface area contributed by atoms with Crippen LogP contribution in [0.4, 0.5) is 5.69 Å². The molecule has 1 aliphatic carbocycles. The Kier molecular flexibility index (Phi) is 7.50. The van der Waals surface area contributed by atoms with Crippen LogP contribution >= 0.6 is 0 Å². The smallest absolute Gasteiger partial charge is 0.227 e. The van der Waals surface area contributed by atoms with Crippen LogP contribution in [0.2, 0.25) is 0 Å². The maximum atomic E-state index is 13.2. The van der Waals surface area contributed by atoms with E-state index in [2.05, 4.69) is 32.2 Å². The molecule has 3 rings (SSSR count). The van der Waals surface area contributed by atoms with Crippen LogP contribution in [0.3, 0.4) is 0 Å². The number of rotatable bonds is 8. The number of carbonyl (C=O) groups excluding carboxylic acids is 2. The molecule has 31 heavy (non-hydrogen) atoms. The molecule has 5 nitrogen and oxygen atoms in total. The molecule has 0 bridgehead atoms. The van der Waals surface area contributed by atoms with Gasteiger partial charge in [-0.3, -0.25) is 9.59 Å². The van der Waals surface area contributed by atoms with Crippen molar-refractivity contribution in [2.75, 3.05) is 5.32 Å². The second-order valence-electron chi connectivity index (χ2n) is 9.79. The van der Waals surface area contributed by atoms with Crippen LogP contribution in [-0.4, -0.2) is 16.7 Å². The van der Waals surface area contributed by atoms with E-state index < -0.39 is 0 Å². The number of amides is 2. The second kappa shape index (κ2) is 10.1. The first kappa shape index (κ1) is 23.0. The summed E-state index contributed by atoms with van der Waals surface area (Å²) in [5, 5.41) is 3.09. The molecule has 0 radical (unpaired) electrons. The predicted octanol–water partition coefficient (Wildman–Crippen LogP) is 4.85. The minimum absolute atomic E-state index is 0.0851. The van der Waals surface area contributed by atoms with E-state index in [-0.39, 0.29) is 23.1 Å². The molecule has 0 unspecified atom stereocenters. The van der Waals surface area contributed by atoms with E-state index in [4.69, 9.17) is 5.73 Å². The highest BCUT2D eigenvalue weighted by Gasteiger charge is 2.26. The molecule has 0 heterocycles. The normalized spacial score (nSPS) is 14.1. The van der Waals surface area contributed by atoms with Crippen molar-refractivity contribution >= 4 is 17.5 Å². The molecular weight excluding hydrogens is 386 g/mol. The van der Waals surface area contributed by atoms with E-state index in [9.17, 15) is 9.59 Å². The fourth-order valence-electron chi connectivity index (χ4n) is 3.76. The average Bonchev–Trinajstić information content (AvgIpc) is 2.66. The van der Waals surface area contributed by atoms with Gasteiger partial charge in [0.05, 0.1) is 0 Å². The number of carbonyl (C=O) groups is 2. The lowest BCUT2D eigenvalue weighted by atomic mass is 9.85. The van der Waals surface area contributed by atoms with Gasteiger partial charge in [-0.15, -0.1) is 0 Å². The number of nitrogens with zero attached hydrogens (tertiary/aromatic N) is 1. The molecule has 0 aromatic heterocycles. The van der Waals surface area contributed by atoms with Crippen LogP contribution < -0.4 is 11.1 Å². The van der Waals surface area contributed by atoms with Crippen molar-refractivity contribution < 1.29 is 9.59 Å². The number of nitrogens with two attached hydrogens (primary N) is 1. The Balaban J connectivity index is 1.82. The fraction of sp³-hybridized carbons (Fsp3) is 0.462. The summed E-state index contributed by atoms with van der Waals surface area (Å²) in [6.45, 7) is 7.65. The zero-order chi connectivity index (χ0) is 22.4. The molecule has 5 heteroatoms. The van der Waals surface area contributed by atoms with Gasteiger partial charge < -0.3 is 16.0 Å². The third-order valence-electron chi connectivity index (χ3n) is 5.75. The molecule has 2 aromatic rings. The molecule has 0 aliphatic heterocycles. The van der Waals surface area contributed by atoms with Crippen LogP contribution in [0, 0.1) is 11.3 Å². The van der Waals surface area contributed by atoms with Gasteiger partial charge in [0.1, 0.15) is 0 Å². The SMILES string of the molecule is CC(C)(C)CC(=O)N(Cc1cccc(CN)c1)Cc1ccccc1NC(=O)C1CCC1. The van der Waals surface area contributed by atoms with Crippen molar-refractivity contribution in [3.63, 3.8) is 0 Å². The Labute approximate surface area is 186 Å². The lowest BCUT2D eigenvalue weighted by Gasteiger charge is -2.29. The highest BCUT2D eigenvalue weighted by atomic mass is 16.2. The monoisotopic (exact) mass is 421 g/mol. The molecule has 0 saturated heterocycles. The van der Waals surface area contributed by atoms with Gasteiger partial charge in [0, 0.05) is 37.7 Å². The number of anilines is 1. The Hall–Kier alpha value is -2.66. The number of para-hydroxylation sites is 1. The van der Waals surface area contributed by atoms with Crippen LogP contribution in [0.1, 0.15) is 63.1 Å². The van der Waals surface area contributed by atoms with Crippen LogP contribution in [0.5, 0.6) is 0 Å². The summed E-state index contributed by atoms with van der Waals surface area (Å²) < 4.78 is 0. The Morgan fingerprint density at radius 1 is 1.03 bits per heavy atom. The van der Waals surface area contributed by atoms with Gasteiger partial charge in [-0.2, -0.15) is 0 Å². The van der Waals surface area contributed by atoms with Gasteiger partial charge in [0.15, 0.2) is 0 Å². The van der Waals surface area contributed by atoms with E-state index in [0.29, 0.717) is 26.1 Å². The third kappa shape index (κ3) is 6.66. The zero-order valence-electron chi connectivity index (χ0n) is 19.0. The summed E-state index contributed by atoms with van der Waals surface area (Å²) in [5.74, 6) is 0.304. The fourth-order valence-corrected chi connectivity index (χ4v) is 3.76. The van der Waals surface area contributed by atoms with Crippen LogP contribution in [0.25, 0.3) is 0 Å². The highest BCUT2D eigenvalue weighted by molar-refractivity contribution is 5.93.